The van der Waals surface area contributed by atoms with E-state index in [9.17, 15) is 5.11 Å². The summed E-state index contributed by atoms with van der Waals surface area (Å²) in [5.74, 6) is 0.540. The summed E-state index contributed by atoms with van der Waals surface area (Å²) in [6.07, 6.45) is 8.75. The molecule has 0 atom stereocenters. The fraction of sp³-hybridized carbons (Fsp3) is 0.727. The standard InChI is InChI=1S/C22H38O/c1-8-9-10-11-12-13-14-17-15-16-18(21(2,3)4)19(20(17)23)22(5,6)7/h15-16,23H,8-14H2,1-7H3. The Balaban J connectivity index is 2.91. The third-order valence-corrected chi connectivity index (χ3v) is 4.62. The Labute approximate surface area is 144 Å². The van der Waals surface area contributed by atoms with Crippen LogP contribution in [0.25, 0.3) is 0 Å². The van der Waals surface area contributed by atoms with E-state index in [1.165, 1.54) is 44.1 Å². The number of hydrogen-bond donors (Lipinski definition) is 1. The van der Waals surface area contributed by atoms with Crippen molar-refractivity contribution in [1.82, 2.24) is 0 Å². The van der Waals surface area contributed by atoms with Crippen molar-refractivity contribution in [1.29, 1.82) is 0 Å². The van der Waals surface area contributed by atoms with Gasteiger partial charge in [0.15, 0.2) is 0 Å². The number of rotatable bonds is 7. The maximum atomic E-state index is 10.9. The monoisotopic (exact) mass is 318 g/mol. The minimum atomic E-state index is -0.0379. The van der Waals surface area contributed by atoms with Crippen LogP contribution in [0, 0.1) is 0 Å². The van der Waals surface area contributed by atoms with Gasteiger partial charge in [-0.2, -0.15) is 0 Å². The Kier molecular flexibility index (Phi) is 7.17. The molecule has 0 spiro atoms. The molecule has 1 heteroatoms. The molecule has 0 fully saturated rings. The molecule has 0 amide bonds. The molecular weight excluding hydrogens is 280 g/mol. The Hall–Kier alpha value is -0.980. The summed E-state index contributed by atoms with van der Waals surface area (Å²) < 4.78 is 0. The molecule has 1 aromatic carbocycles. The minimum absolute atomic E-state index is 0.0379. The first-order valence-corrected chi connectivity index (χ1v) is 9.44. The summed E-state index contributed by atoms with van der Waals surface area (Å²) in [5, 5.41) is 10.9. The number of hydrogen-bond acceptors (Lipinski definition) is 1. The van der Waals surface area contributed by atoms with E-state index < -0.39 is 0 Å². The Morgan fingerprint density at radius 1 is 0.783 bits per heavy atom. The van der Waals surface area contributed by atoms with E-state index in [1.54, 1.807) is 0 Å². The molecule has 0 radical (unpaired) electrons. The van der Waals surface area contributed by atoms with Crippen LogP contribution in [-0.2, 0) is 17.3 Å². The van der Waals surface area contributed by atoms with Crippen LogP contribution in [0.2, 0.25) is 0 Å². The van der Waals surface area contributed by atoms with Crippen LogP contribution in [0.1, 0.15) is 104 Å². The highest BCUT2D eigenvalue weighted by atomic mass is 16.3. The molecule has 1 nitrogen and oxygen atoms in total. The van der Waals surface area contributed by atoms with Gasteiger partial charge in [-0.05, 0) is 34.8 Å². The fourth-order valence-corrected chi connectivity index (χ4v) is 3.32. The molecule has 0 aromatic heterocycles. The van der Waals surface area contributed by atoms with Crippen molar-refractivity contribution in [3.05, 3.63) is 28.8 Å². The Morgan fingerprint density at radius 2 is 1.35 bits per heavy atom. The SMILES string of the molecule is CCCCCCCCc1ccc(C(C)(C)C)c(C(C)(C)C)c1O. The van der Waals surface area contributed by atoms with Gasteiger partial charge in [0.2, 0.25) is 0 Å². The average molecular weight is 319 g/mol. The first-order valence-electron chi connectivity index (χ1n) is 9.44. The van der Waals surface area contributed by atoms with Gasteiger partial charge in [-0.1, -0.05) is 92.7 Å². The van der Waals surface area contributed by atoms with Gasteiger partial charge in [0.1, 0.15) is 5.75 Å². The predicted octanol–water partition coefficient (Wildman–Crippen LogP) is 6.89. The fourth-order valence-electron chi connectivity index (χ4n) is 3.32. The number of benzene rings is 1. The molecule has 0 aliphatic carbocycles. The molecule has 0 saturated heterocycles. The second kappa shape index (κ2) is 8.22. The normalized spacial score (nSPS) is 12.7. The van der Waals surface area contributed by atoms with E-state index in [1.807, 2.05) is 0 Å². The van der Waals surface area contributed by atoms with Crippen molar-refractivity contribution in [2.45, 2.75) is 104 Å². The lowest BCUT2D eigenvalue weighted by molar-refractivity contribution is 0.428. The third kappa shape index (κ3) is 5.86. The average Bonchev–Trinajstić information content (AvgIpc) is 2.41. The zero-order chi connectivity index (χ0) is 17.7. The maximum absolute atomic E-state index is 10.9. The van der Waals surface area contributed by atoms with Crippen molar-refractivity contribution < 1.29 is 5.11 Å². The minimum Gasteiger partial charge on any atom is -0.507 e. The second-order valence-electron chi connectivity index (χ2n) is 9.01. The van der Waals surface area contributed by atoms with Gasteiger partial charge in [0.05, 0.1) is 0 Å². The first-order chi connectivity index (χ1) is 10.6. The van der Waals surface area contributed by atoms with Crippen molar-refractivity contribution >= 4 is 0 Å². The highest BCUT2D eigenvalue weighted by molar-refractivity contribution is 5.51. The summed E-state index contributed by atoms with van der Waals surface area (Å²) in [7, 11) is 0. The lowest BCUT2D eigenvalue weighted by Gasteiger charge is -2.31. The van der Waals surface area contributed by atoms with Crippen molar-refractivity contribution in [2.75, 3.05) is 0 Å². The van der Waals surface area contributed by atoms with Crippen LogP contribution in [0.4, 0.5) is 0 Å². The number of aromatic hydroxyl groups is 1. The highest BCUT2D eigenvalue weighted by Crippen LogP contribution is 2.41. The van der Waals surface area contributed by atoms with Gasteiger partial charge in [-0.15, -0.1) is 0 Å². The topological polar surface area (TPSA) is 20.2 Å². The van der Waals surface area contributed by atoms with Crippen LogP contribution in [0.15, 0.2) is 12.1 Å². The van der Waals surface area contributed by atoms with Crippen LogP contribution in [0.3, 0.4) is 0 Å². The molecule has 0 saturated carbocycles. The van der Waals surface area contributed by atoms with Crippen LogP contribution in [-0.4, -0.2) is 5.11 Å². The van der Waals surface area contributed by atoms with Crippen LogP contribution < -0.4 is 0 Å². The summed E-state index contributed by atoms with van der Waals surface area (Å²) in [6, 6.07) is 4.39. The molecule has 0 unspecified atom stereocenters. The summed E-state index contributed by atoms with van der Waals surface area (Å²) >= 11 is 0. The van der Waals surface area contributed by atoms with Crippen molar-refractivity contribution in [3.8, 4) is 5.75 Å². The zero-order valence-corrected chi connectivity index (χ0v) is 16.6. The Bertz CT molecular complexity index is 486. The van der Waals surface area contributed by atoms with Gasteiger partial charge in [-0.25, -0.2) is 0 Å². The number of phenolic OH excluding ortho intramolecular Hbond substituents is 1. The number of unbranched alkanes of at least 4 members (excludes halogenated alkanes) is 5. The second-order valence-corrected chi connectivity index (χ2v) is 9.01. The van der Waals surface area contributed by atoms with E-state index in [0.29, 0.717) is 5.75 Å². The van der Waals surface area contributed by atoms with Gasteiger partial charge in [-0.3, -0.25) is 0 Å². The summed E-state index contributed by atoms with van der Waals surface area (Å²) in [6.45, 7) is 15.5. The van der Waals surface area contributed by atoms with E-state index in [2.05, 4.69) is 60.6 Å². The smallest absolute Gasteiger partial charge is 0.122 e. The lowest BCUT2D eigenvalue weighted by atomic mass is 9.74. The Morgan fingerprint density at radius 3 is 1.87 bits per heavy atom. The van der Waals surface area contributed by atoms with Crippen LogP contribution >= 0.6 is 0 Å². The molecule has 1 rings (SSSR count). The molecule has 0 aliphatic rings. The van der Waals surface area contributed by atoms with Gasteiger partial charge in [0.25, 0.3) is 0 Å². The summed E-state index contributed by atoms with van der Waals surface area (Å²) in [5.41, 5.74) is 3.55. The first kappa shape index (κ1) is 20.1. The van der Waals surface area contributed by atoms with Gasteiger partial charge in [0, 0.05) is 5.56 Å². The molecule has 1 N–H and O–H groups in total. The number of aryl methyl sites for hydroxylation is 1. The molecule has 23 heavy (non-hydrogen) atoms. The molecule has 0 bridgehead atoms. The summed E-state index contributed by atoms with van der Waals surface area (Å²) in [4.78, 5) is 0. The van der Waals surface area contributed by atoms with Gasteiger partial charge >= 0.3 is 0 Å². The lowest BCUT2D eigenvalue weighted by Crippen LogP contribution is -2.22. The third-order valence-electron chi connectivity index (χ3n) is 4.62. The van der Waals surface area contributed by atoms with Crippen molar-refractivity contribution in [3.63, 3.8) is 0 Å². The highest BCUT2D eigenvalue weighted by Gasteiger charge is 2.29. The van der Waals surface area contributed by atoms with E-state index >= 15 is 0 Å². The molecule has 1 aromatic rings. The van der Waals surface area contributed by atoms with Gasteiger partial charge < -0.3 is 5.11 Å². The van der Waals surface area contributed by atoms with E-state index in [0.717, 1.165) is 17.5 Å². The maximum Gasteiger partial charge on any atom is 0.122 e. The van der Waals surface area contributed by atoms with E-state index in [-0.39, 0.29) is 10.8 Å². The molecule has 0 heterocycles. The molecule has 132 valence electrons. The predicted molar refractivity (Wildman–Crippen MR) is 103 cm³/mol. The quantitative estimate of drug-likeness (QED) is 0.543. The van der Waals surface area contributed by atoms with Crippen molar-refractivity contribution in [2.24, 2.45) is 0 Å². The molecule has 0 aliphatic heterocycles. The largest absolute Gasteiger partial charge is 0.507 e. The van der Waals surface area contributed by atoms with E-state index in [4.69, 9.17) is 0 Å². The number of phenols is 1. The zero-order valence-electron chi connectivity index (χ0n) is 16.6. The molecular formula is C22H38O. The van der Waals surface area contributed by atoms with Crippen LogP contribution in [0.5, 0.6) is 5.75 Å².